The maximum Gasteiger partial charge on any atom is 0.337 e. The lowest BCUT2D eigenvalue weighted by Gasteiger charge is -2.23. The Kier molecular flexibility index (Phi) is 8.40. The van der Waals surface area contributed by atoms with Crippen LogP contribution in [0.4, 0.5) is 0 Å². The van der Waals surface area contributed by atoms with E-state index in [4.69, 9.17) is 14.2 Å². The maximum atomic E-state index is 13.7. The number of hydrogen-bond donors (Lipinski definition) is 1. The number of fused-ring (bicyclic) bond motifs is 1. The van der Waals surface area contributed by atoms with Crippen molar-refractivity contribution in [1.82, 2.24) is 4.57 Å². The van der Waals surface area contributed by atoms with Gasteiger partial charge in [0.2, 0.25) is 0 Å². The molecule has 1 aromatic heterocycles. The van der Waals surface area contributed by atoms with Gasteiger partial charge in [-0.15, -0.1) is 0 Å². The van der Waals surface area contributed by atoms with Crippen LogP contribution < -0.4 is 24.4 Å². The van der Waals surface area contributed by atoms with Gasteiger partial charge in [-0.3, -0.25) is 9.36 Å². The molecule has 3 aromatic rings. The molecule has 0 unspecified atom stereocenters. The van der Waals surface area contributed by atoms with Crippen LogP contribution in [0, 0.1) is 7.14 Å². The van der Waals surface area contributed by atoms with Crippen molar-refractivity contribution in [1.29, 1.82) is 0 Å². The van der Waals surface area contributed by atoms with Crippen LogP contribution in [0.25, 0.3) is 6.08 Å². The van der Waals surface area contributed by atoms with Crippen LogP contribution in [-0.4, -0.2) is 36.0 Å². The standard InChI is InChI=1S/C25H22I2N2O6S/c1-4-34-18-7-6-14(11-19(18)35-5-2)21-15(24(32)33-3)12-28-25-29(21)23(31)20(36-25)10-13-8-16(26)22(30)17(27)9-13/h6-12,21,30H,4-5H2,1-3H3/b20-10-/t21-/m0/s1. The predicted octanol–water partition coefficient (Wildman–Crippen LogP) is 3.73. The number of hydrogen-bond acceptors (Lipinski definition) is 8. The van der Waals surface area contributed by atoms with Crippen molar-refractivity contribution in [2.24, 2.45) is 4.99 Å². The van der Waals surface area contributed by atoms with Crippen LogP contribution in [0.1, 0.15) is 31.0 Å². The van der Waals surface area contributed by atoms with Crippen LogP contribution in [0.15, 0.2) is 51.9 Å². The molecule has 8 nitrogen and oxygen atoms in total. The average Bonchev–Trinajstić information content (AvgIpc) is 3.17. The lowest BCUT2D eigenvalue weighted by molar-refractivity contribution is -0.136. The Morgan fingerprint density at radius 3 is 2.44 bits per heavy atom. The maximum absolute atomic E-state index is 13.7. The van der Waals surface area contributed by atoms with Crippen molar-refractivity contribution >= 4 is 68.6 Å². The zero-order chi connectivity index (χ0) is 26.0. The molecule has 1 aliphatic heterocycles. The normalized spacial score (nSPS) is 15.1. The Hall–Kier alpha value is -2.39. The summed E-state index contributed by atoms with van der Waals surface area (Å²) in [7, 11) is 1.29. The highest BCUT2D eigenvalue weighted by Gasteiger charge is 2.31. The second-order valence-electron chi connectivity index (χ2n) is 7.58. The minimum absolute atomic E-state index is 0.207. The fourth-order valence-electron chi connectivity index (χ4n) is 3.81. The molecule has 188 valence electrons. The largest absolute Gasteiger partial charge is 0.506 e. The lowest BCUT2D eigenvalue weighted by atomic mass is 9.97. The van der Waals surface area contributed by atoms with Gasteiger partial charge < -0.3 is 19.3 Å². The molecular weight excluding hydrogens is 710 g/mol. The molecule has 0 fully saturated rings. The molecule has 0 aliphatic carbocycles. The third-order valence-corrected chi connectivity index (χ3v) is 7.99. The van der Waals surface area contributed by atoms with Crippen molar-refractivity contribution < 1.29 is 24.1 Å². The number of methoxy groups -OCH3 is 1. The van der Waals surface area contributed by atoms with E-state index in [0.29, 0.717) is 46.8 Å². The van der Waals surface area contributed by atoms with Crippen LogP contribution in [0.5, 0.6) is 17.2 Å². The monoisotopic (exact) mass is 732 g/mol. The average molecular weight is 732 g/mol. The minimum atomic E-state index is -0.758. The van der Waals surface area contributed by atoms with Gasteiger partial charge in [0.05, 0.1) is 43.6 Å². The Labute approximate surface area is 238 Å². The van der Waals surface area contributed by atoms with Gasteiger partial charge in [0.25, 0.3) is 5.56 Å². The molecule has 1 N–H and O–H groups in total. The summed E-state index contributed by atoms with van der Waals surface area (Å²) in [5.74, 6) is 0.731. The van der Waals surface area contributed by atoms with Gasteiger partial charge in [0, 0.05) is 6.20 Å². The summed E-state index contributed by atoms with van der Waals surface area (Å²) in [6, 6.07) is 8.20. The summed E-state index contributed by atoms with van der Waals surface area (Å²) in [6.07, 6.45) is 3.21. The zero-order valence-corrected chi connectivity index (χ0v) is 24.7. The molecule has 2 aromatic carbocycles. The summed E-state index contributed by atoms with van der Waals surface area (Å²) in [4.78, 5) is 31.2. The Balaban J connectivity index is 1.91. The smallest absolute Gasteiger partial charge is 0.337 e. The van der Waals surface area contributed by atoms with E-state index >= 15 is 0 Å². The number of aromatic nitrogens is 1. The molecule has 4 rings (SSSR count). The molecule has 0 saturated heterocycles. The van der Waals surface area contributed by atoms with Crippen LogP contribution >= 0.6 is 56.5 Å². The highest BCUT2D eigenvalue weighted by Crippen LogP contribution is 2.35. The first-order valence-electron chi connectivity index (χ1n) is 11.0. The summed E-state index contributed by atoms with van der Waals surface area (Å²) < 4.78 is 19.8. The van der Waals surface area contributed by atoms with E-state index in [1.54, 1.807) is 30.3 Å². The molecule has 1 atom stereocenters. The second-order valence-corrected chi connectivity index (χ2v) is 10.9. The van der Waals surface area contributed by atoms with Crippen molar-refractivity contribution in [2.75, 3.05) is 20.3 Å². The van der Waals surface area contributed by atoms with Gasteiger partial charge in [0.15, 0.2) is 16.3 Å². The van der Waals surface area contributed by atoms with Crippen molar-refractivity contribution in [2.45, 2.75) is 19.9 Å². The third kappa shape index (κ3) is 5.18. The fourth-order valence-corrected chi connectivity index (χ4v) is 6.59. The van der Waals surface area contributed by atoms with Crippen LogP contribution in [0.3, 0.4) is 0 Å². The van der Waals surface area contributed by atoms with E-state index in [2.05, 4.69) is 50.2 Å². The molecule has 0 bridgehead atoms. The van der Waals surface area contributed by atoms with Crippen LogP contribution in [0.2, 0.25) is 0 Å². The molecule has 0 spiro atoms. The van der Waals surface area contributed by atoms with Gasteiger partial charge in [-0.05, 0) is 100 Å². The van der Waals surface area contributed by atoms with Crippen molar-refractivity contribution in [3.05, 3.63) is 80.1 Å². The first kappa shape index (κ1) is 26.7. The number of phenolic OH excluding ortho intramolecular Hbond substituents is 1. The number of halogens is 2. The van der Waals surface area contributed by atoms with Gasteiger partial charge in [0.1, 0.15) is 5.75 Å². The molecule has 36 heavy (non-hydrogen) atoms. The number of benzene rings is 2. The number of rotatable bonds is 7. The van der Waals surface area contributed by atoms with Gasteiger partial charge in [-0.1, -0.05) is 17.4 Å². The summed E-state index contributed by atoms with van der Waals surface area (Å²) in [5, 5.41) is 10.1. The summed E-state index contributed by atoms with van der Waals surface area (Å²) in [5.41, 5.74) is 1.38. The predicted molar refractivity (Wildman–Crippen MR) is 153 cm³/mol. The van der Waals surface area contributed by atoms with E-state index < -0.39 is 12.0 Å². The number of carbonyl (C=O) groups is 1. The zero-order valence-electron chi connectivity index (χ0n) is 19.6. The number of phenols is 1. The van der Waals surface area contributed by atoms with Crippen molar-refractivity contribution in [3.63, 3.8) is 0 Å². The number of esters is 1. The Bertz CT molecular complexity index is 1520. The third-order valence-electron chi connectivity index (χ3n) is 5.35. The summed E-state index contributed by atoms with van der Waals surface area (Å²) >= 11 is 5.33. The fraction of sp³-hybridized carbons (Fsp3) is 0.240. The highest BCUT2D eigenvalue weighted by atomic mass is 127. The molecule has 2 heterocycles. The number of carbonyl (C=O) groups excluding carboxylic acids is 1. The summed E-state index contributed by atoms with van der Waals surface area (Å²) in [6.45, 7) is 4.65. The molecule has 11 heteroatoms. The van der Waals surface area contributed by atoms with E-state index in [1.807, 2.05) is 19.9 Å². The SMILES string of the molecule is CCOc1ccc([C@H]2C(C(=O)OC)=CN=c3s/c(=C\c4cc(I)c(O)c(I)c4)c(=O)n32)cc1OCC. The first-order chi connectivity index (χ1) is 17.3. The Morgan fingerprint density at radius 2 is 1.81 bits per heavy atom. The van der Waals surface area contributed by atoms with E-state index in [9.17, 15) is 14.7 Å². The molecule has 0 saturated carbocycles. The van der Waals surface area contributed by atoms with E-state index in [-0.39, 0.29) is 16.9 Å². The number of nitrogens with zero attached hydrogens (tertiary/aromatic N) is 2. The van der Waals surface area contributed by atoms with E-state index in [0.717, 1.165) is 5.56 Å². The van der Waals surface area contributed by atoms with Gasteiger partial charge in [-0.25, -0.2) is 9.79 Å². The quantitative estimate of drug-likeness (QED) is 0.294. The van der Waals surface area contributed by atoms with E-state index in [1.165, 1.54) is 29.2 Å². The number of ether oxygens (including phenoxy) is 3. The highest BCUT2D eigenvalue weighted by molar-refractivity contribution is 14.1. The minimum Gasteiger partial charge on any atom is -0.506 e. The Morgan fingerprint density at radius 1 is 1.14 bits per heavy atom. The molecule has 0 radical (unpaired) electrons. The topological polar surface area (TPSA) is 99.4 Å². The van der Waals surface area contributed by atoms with Gasteiger partial charge in [-0.2, -0.15) is 0 Å². The van der Waals surface area contributed by atoms with Crippen molar-refractivity contribution in [3.8, 4) is 17.2 Å². The molecule has 0 amide bonds. The second kappa shape index (κ2) is 11.3. The molecule has 1 aliphatic rings. The number of thiazole rings is 1. The first-order valence-corrected chi connectivity index (χ1v) is 13.9. The van der Waals surface area contributed by atoms with Gasteiger partial charge >= 0.3 is 5.97 Å². The lowest BCUT2D eigenvalue weighted by Crippen LogP contribution is -2.39. The number of aromatic hydroxyl groups is 1. The molecular formula is C25H22I2N2O6S. The van der Waals surface area contributed by atoms with Crippen LogP contribution in [-0.2, 0) is 9.53 Å².